The fraction of sp³-hybridized carbons (Fsp3) is 0. The lowest BCUT2D eigenvalue weighted by atomic mass is 10.1. The summed E-state index contributed by atoms with van der Waals surface area (Å²) in [6.45, 7) is 0. The molecule has 5 aromatic rings. The minimum atomic E-state index is -0.504. The highest BCUT2D eigenvalue weighted by Crippen LogP contribution is 2.33. The molecule has 9 nitrogen and oxygen atoms in total. The van der Waals surface area contributed by atoms with E-state index in [2.05, 4.69) is 20.3 Å². The molecule has 0 aliphatic heterocycles. The van der Waals surface area contributed by atoms with E-state index >= 15 is 0 Å². The van der Waals surface area contributed by atoms with E-state index in [9.17, 15) is 10.1 Å². The first-order valence-corrected chi connectivity index (χ1v) is 9.26. The van der Waals surface area contributed by atoms with Crippen molar-refractivity contribution in [3.63, 3.8) is 0 Å². The molecule has 0 fully saturated rings. The molecule has 0 aliphatic rings. The predicted octanol–water partition coefficient (Wildman–Crippen LogP) is 5.03. The summed E-state index contributed by atoms with van der Waals surface area (Å²) in [6, 6.07) is 23.0. The molecule has 0 amide bonds. The lowest BCUT2D eigenvalue weighted by molar-refractivity contribution is -0.384. The molecular weight excluding hydrogens is 398 g/mol. The summed E-state index contributed by atoms with van der Waals surface area (Å²) in [5.41, 5.74) is 1.96. The number of nitrogens with zero attached hydrogens (tertiary/aromatic N) is 5. The van der Waals surface area contributed by atoms with Crippen molar-refractivity contribution < 1.29 is 14.0 Å². The van der Waals surface area contributed by atoms with E-state index in [1.54, 1.807) is 12.1 Å². The van der Waals surface area contributed by atoms with Gasteiger partial charge in [0.2, 0.25) is 11.6 Å². The van der Waals surface area contributed by atoms with Gasteiger partial charge in [-0.25, -0.2) is 0 Å². The van der Waals surface area contributed by atoms with E-state index in [0.29, 0.717) is 11.5 Å². The Hall–Kier alpha value is -4.66. The molecule has 2 heterocycles. The molecule has 0 unspecified atom stereocenters. The third-order valence-corrected chi connectivity index (χ3v) is 4.59. The third-order valence-electron chi connectivity index (χ3n) is 4.59. The van der Waals surface area contributed by atoms with Crippen LogP contribution in [0.25, 0.3) is 45.7 Å². The van der Waals surface area contributed by atoms with Crippen LogP contribution in [-0.4, -0.2) is 25.2 Å². The Morgan fingerprint density at radius 2 is 1.23 bits per heavy atom. The Kier molecular flexibility index (Phi) is 4.53. The molecule has 0 aliphatic carbocycles. The summed E-state index contributed by atoms with van der Waals surface area (Å²) >= 11 is 0. The highest BCUT2D eigenvalue weighted by atomic mass is 16.6. The smallest absolute Gasteiger partial charge is 0.281 e. The molecular formula is C22H13N5O4. The number of benzene rings is 3. The summed E-state index contributed by atoms with van der Waals surface area (Å²) in [7, 11) is 0. The van der Waals surface area contributed by atoms with Gasteiger partial charge < -0.3 is 9.05 Å². The number of rotatable bonds is 5. The van der Waals surface area contributed by atoms with Crippen LogP contribution in [0.5, 0.6) is 0 Å². The fourth-order valence-electron chi connectivity index (χ4n) is 3.08. The number of nitro groups is 1. The molecule has 9 heteroatoms. The SMILES string of the molecule is O=[N+]([O-])c1cc(-c2noc(-c3ccccc3)n2)ccc1-c1noc(-c2ccccc2)n1. The average molecular weight is 411 g/mol. The maximum absolute atomic E-state index is 11.7. The molecule has 0 saturated carbocycles. The second-order valence-corrected chi connectivity index (χ2v) is 6.57. The molecule has 0 saturated heterocycles. The van der Waals surface area contributed by atoms with Gasteiger partial charge in [0.15, 0.2) is 0 Å². The van der Waals surface area contributed by atoms with Gasteiger partial charge in [0.25, 0.3) is 17.5 Å². The van der Waals surface area contributed by atoms with Crippen molar-refractivity contribution in [2.24, 2.45) is 0 Å². The lowest BCUT2D eigenvalue weighted by Gasteiger charge is -2.00. The van der Waals surface area contributed by atoms with Gasteiger partial charge in [0.1, 0.15) is 5.56 Å². The van der Waals surface area contributed by atoms with Gasteiger partial charge in [-0.15, -0.1) is 0 Å². The van der Waals surface area contributed by atoms with Gasteiger partial charge in [-0.2, -0.15) is 9.97 Å². The maximum Gasteiger partial charge on any atom is 0.281 e. The van der Waals surface area contributed by atoms with Gasteiger partial charge in [0, 0.05) is 22.8 Å². The number of hydrogen-bond acceptors (Lipinski definition) is 8. The molecule has 0 N–H and O–H groups in total. The first-order valence-electron chi connectivity index (χ1n) is 9.26. The molecule has 0 spiro atoms. The summed E-state index contributed by atoms with van der Waals surface area (Å²) in [4.78, 5) is 19.9. The van der Waals surface area contributed by atoms with Crippen molar-refractivity contribution in [3.8, 4) is 45.7 Å². The van der Waals surface area contributed by atoms with Gasteiger partial charge in [0.05, 0.1) is 4.92 Å². The Morgan fingerprint density at radius 1 is 0.677 bits per heavy atom. The lowest BCUT2D eigenvalue weighted by Crippen LogP contribution is -1.94. The van der Waals surface area contributed by atoms with Crippen LogP contribution in [0, 0.1) is 10.1 Å². The molecule has 0 atom stereocenters. The molecule has 2 aromatic heterocycles. The second-order valence-electron chi connectivity index (χ2n) is 6.57. The number of aromatic nitrogens is 4. The van der Waals surface area contributed by atoms with Crippen LogP contribution in [-0.2, 0) is 0 Å². The molecule has 0 radical (unpaired) electrons. The molecule has 150 valence electrons. The van der Waals surface area contributed by atoms with Gasteiger partial charge in [-0.05, 0) is 36.4 Å². The monoisotopic (exact) mass is 411 g/mol. The van der Waals surface area contributed by atoms with Crippen molar-refractivity contribution in [1.82, 2.24) is 20.3 Å². The van der Waals surface area contributed by atoms with Crippen LogP contribution in [0.4, 0.5) is 5.69 Å². The zero-order valence-electron chi connectivity index (χ0n) is 15.9. The Morgan fingerprint density at radius 3 is 1.81 bits per heavy atom. The van der Waals surface area contributed by atoms with E-state index in [0.717, 1.165) is 11.1 Å². The first kappa shape index (κ1) is 18.4. The number of hydrogen-bond donors (Lipinski definition) is 0. The summed E-state index contributed by atoms with van der Waals surface area (Å²) in [5.74, 6) is 0.967. The normalized spacial score (nSPS) is 10.8. The van der Waals surface area contributed by atoms with Gasteiger partial charge in [-0.3, -0.25) is 10.1 Å². The van der Waals surface area contributed by atoms with Crippen LogP contribution in [0.1, 0.15) is 0 Å². The van der Waals surface area contributed by atoms with Crippen molar-refractivity contribution >= 4 is 5.69 Å². The van der Waals surface area contributed by atoms with E-state index in [1.807, 2.05) is 60.7 Å². The largest absolute Gasteiger partial charge is 0.334 e. The highest BCUT2D eigenvalue weighted by molar-refractivity contribution is 5.74. The summed E-state index contributed by atoms with van der Waals surface area (Å²) in [5, 5.41) is 19.6. The molecule has 0 bridgehead atoms. The Labute approximate surface area is 175 Å². The Balaban J connectivity index is 1.51. The minimum Gasteiger partial charge on any atom is -0.334 e. The van der Waals surface area contributed by atoms with Gasteiger partial charge in [-0.1, -0.05) is 46.7 Å². The van der Waals surface area contributed by atoms with Crippen LogP contribution >= 0.6 is 0 Å². The zero-order valence-corrected chi connectivity index (χ0v) is 15.9. The first-order chi connectivity index (χ1) is 15.2. The van der Waals surface area contributed by atoms with Gasteiger partial charge >= 0.3 is 0 Å². The van der Waals surface area contributed by atoms with E-state index in [1.165, 1.54) is 6.07 Å². The topological polar surface area (TPSA) is 121 Å². The van der Waals surface area contributed by atoms with E-state index in [-0.39, 0.29) is 28.8 Å². The van der Waals surface area contributed by atoms with E-state index in [4.69, 9.17) is 9.05 Å². The van der Waals surface area contributed by atoms with Crippen molar-refractivity contribution in [2.45, 2.75) is 0 Å². The Bertz CT molecular complexity index is 1360. The van der Waals surface area contributed by atoms with E-state index < -0.39 is 4.92 Å². The summed E-state index contributed by atoms with van der Waals surface area (Å²) < 4.78 is 10.6. The van der Waals surface area contributed by atoms with Crippen LogP contribution in [0.2, 0.25) is 0 Å². The maximum atomic E-state index is 11.7. The van der Waals surface area contributed by atoms with Crippen LogP contribution in [0.3, 0.4) is 0 Å². The highest BCUT2D eigenvalue weighted by Gasteiger charge is 2.23. The fourth-order valence-corrected chi connectivity index (χ4v) is 3.08. The standard InChI is InChI=1S/C22H13N5O4/c28-27(29)18-13-16(19-23-21(30-25-19)14-7-3-1-4-8-14)11-12-17(18)20-24-22(31-26-20)15-9-5-2-6-10-15/h1-13H. The van der Waals surface area contributed by atoms with Crippen molar-refractivity contribution in [2.75, 3.05) is 0 Å². The van der Waals surface area contributed by atoms with Crippen molar-refractivity contribution in [1.29, 1.82) is 0 Å². The van der Waals surface area contributed by atoms with Crippen LogP contribution in [0.15, 0.2) is 87.9 Å². The summed E-state index contributed by atoms with van der Waals surface area (Å²) in [6.07, 6.45) is 0. The minimum absolute atomic E-state index is 0.121. The van der Waals surface area contributed by atoms with Crippen LogP contribution < -0.4 is 0 Å². The quantitative estimate of drug-likeness (QED) is 0.292. The number of nitro benzene ring substituents is 1. The second kappa shape index (κ2) is 7.64. The zero-order chi connectivity index (χ0) is 21.2. The molecule has 31 heavy (non-hydrogen) atoms. The third kappa shape index (κ3) is 3.55. The average Bonchev–Trinajstić information content (AvgIpc) is 3.50. The predicted molar refractivity (Wildman–Crippen MR) is 111 cm³/mol. The molecule has 3 aromatic carbocycles. The van der Waals surface area contributed by atoms with Crippen molar-refractivity contribution in [3.05, 3.63) is 89.0 Å². The molecule has 5 rings (SSSR count).